The summed E-state index contributed by atoms with van der Waals surface area (Å²) in [5, 5.41) is 14.5. The zero-order valence-electron chi connectivity index (χ0n) is 17.5. The molecule has 0 fully saturated rings. The average Bonchev–Trinajstić information content (AvgIpc) is 3.16. The van der Waals surface area contributed by atoms with Crippen molar-refractivity contribution in [3.63, 3.8) is 0 Å². The second-order valence-corrected chi connectivity index (χ2v) is 7.77. The number of aromatic hydroxyl groups is 1. The van der Waals surface area contributed by atoms with Crippen molar-refractivity contribution in [3.8, 4) is 5.75 Å². The zero-order chi connectivity index (χ0) is 22.1. The number of carbonyl (C=O) groups is 1. The summed E-state index contributed by atoms with van der Waals surface area (Å²) >= 11 is 0. The van der Waals surface area contributed by atoms with Gasteiger partial charge in [-0.2, -0.15) is 5.10 Å². The monoisotopic (exact) mass is 425 g/mol. The van der Waals surface area contributed by atoms with Crippen molar-refractivity contribution in [2.45, 2.75) is 38.9 Å². The molecule has 1 unspecified atom stereocenters. The number of carbonyl (C=O) groups excluding carboxylic acids is 1. The van der Waals surface area contributed by atoms with Crippen molar-refractivity contribution in [1.82, 2.24) is 24.2 Å². The Hall–Kier alpha value is -3.33. The van der Waals surface area contributed by atoms with Crippen LogP contribution in [0.1, 0.15) is 47.0 Å². The molecule has 31 heavy (non-hydrogen) atoms. The number of aromatic nitrogens is 4. The SMILES string of the molecule is CC1c2nc(C(=O)CCc3ccc(F)cc3)c(O)c(=O)n2CCN1Cc1ccnn1C. The van der Waals surface area contributed by atoms with Gasteiger partial charge in [0.2, 0.25) is 5.75 Å². The third-order valence-electron chi connectivity index (χ3n) is 5.81. The minimum Gasteiger partial charge on any atom is -0.501 e. The predicted octanol–water partition coefficient (Wildman–Crippen LogP) is 2.21. The van der Waals surface area contributed by atoms with E-state index in [2.05, 4.69) is 15.0 Å². The van der Waals surface area contributed by atoms with Gasteiger partial charge in [0.1, 0.15) is 11.6 Å². The highest BCUT2D eigenvalue weighted by molar-refractivity contribution is 5.96. The Morgan fingerprint density at radius 1 is 1.23 bits per heavy atom. The number of benzene rings is 1. The molecule has 2 aromatic heterocycles. The maximum atomic E-state index is 13.1. The van der Waals surface area contributed by atoms with Crippen LogP contribution in [-0.4, -0.2) is 41.7 Å². The lowest BCUT2D eigenvalue weighted by Crippen LogP contribution is -2.42. The van der Waals surface area contributed by atoms with Crippen LogP contribution in [0.2, 0.25) is 0 Å². The van der Waals surface area contributed by atoms with Crippen LogP contribution in [0.3, 0.4) is 0 Å². The molecule has 1 aliphatic rings. The molecule has 0 bridgehead atoms. The molecule has 1 atom stereocenters. The summed E-state index contributed by atoms with van der Waals surface area (Å²) in [6.07, 6.45) is 2.15. The molecule has 9 heteroatoms. The number of hydrogen-bond acceptors (Lipinski definition) is 6. The van der Waals surface area contributed by atoms with Crippen LogP contribution >= 0.6 is 0 Å². The molecular formula is C22H24FN5O3. The van der Waals surface area contributed by atoms with Crippen molar-refractivity contribution < 1.29 is 14.3 Å². The van der Waals surface area contributed by atoms with Crippen molar-refractivity contribution >= 4 is 5.78 Å². The molecule has 1 aromatic carbocycles. The van der Waals surface area contributed by atoms with Crippen molar-refractivity contribution in [1.29, 1.82) is 0 Å². The van der Waals surface area contributed by atoms with Crippen LogP contribution in [0.15, 0.2) is 41.3 Å². The second-order valence-electron chi connectivity index (χ2n) is 7.77. The first-order valence-electron chi connectivity index (χ1n) is 10.2. The molecule has 8 nitrogen and oxygen atoms in total. The van der Waals surface area contributed by atoms with E-state index in [9.17, 15) is 19.1 Å². The topological polar surface area (TPSA) is 93.2 Å². The predicted molar refractivity (Wildman–Crippen MR) is 111 cm³/mol. The third-order valence-corrected chi connectivity index (χ3v) is 5.81. The Morgan fingerprint density at radius 2 is 1.97 bits per heavy atom. The highest BCUT2D eigenvalue weighted by Crippen LogP contribution is 2.26. The number of aryl methyl sites for hydroxylation is 2. The van der Waals surface area contributed by atoms with Gasteiger partial charge in [0.15, 0.2) is 11.5 Å². The van der Waals surface area contributed by atoms with Crippen LogP contribution in [0, 0.1) is 5.82 Å². The van der Waals surface area contributed by atoms with Crippen molar-refractivity contribution in [3.05, 3.63) is 75.5 Å². The highest BCUT2D eigenvalue weighted by Gasteiger charge is 2.30. The van der Waals surface area contributed by atoms with E-state index in [4.69, 9.17) is 0 Å². The summed E-state index contributed by atoms with van der Waals surface area (Å²) in [6.45, 7) is 3.54. The number of nitrogens with zero attached hydrogens (tertiary/aromatic N) is 5. The number of Topliss-reactive ketones (excluding diaryl/α,β-unsaturated/α-hetero) is 1. The Kier molecular flexibility index (Phi) is 5.69. The number of ketones is 1. The van der Waals surface area contributed by atoms with Gasteiger partial charge in [0.05, 0.1) is 11.7 Å². The lowest BCUT2D eigenvalue weighted by Gasteiger charge is -2.35. The summed E-state index contributed by atoms with van der Waals surface area (Å²) in [5.74, 6) is -0.915. The van der Waals surface area contributed by atoms with Gasteiger partial charge >= 0.3 is 0 Å². The van der Waals surface area contributed by atoms with E-state index in [0.717, 1.165) is 11.3 Å². The van der Waals surface area contributed by atoms with Gasteiger partial charge in [-0.05, 0) is 37.1 Å². The minimum atomic E-state index is -0.611. The van der Waals surface area contributed by atoms with Crippen LogP contribution in [0.5, 0.6) is 5.75 Å². The molecule has 1 N–H and O–H groups in total. The van der Waals surface area contributed by atoms with E-state index in [-0.39, 0.29) is 24.0 Å². The summed E-state index contributed by atoms with van der Waals surface area (Å²) in [5.41, 5.74) is 1.02. The molecule has 0 radical (unpaired) electrons. The first-order valence-corrected chi connectivity index (χ1v) is 10.2. The summed E-state index contributed by atoms with van der Waals surface area (Å²) in [6, 6.07) is 7.59. The molecule has 0 aliphatic carbocycles. The molecule has 0 amide bonds. The van der Waals surface area contributed by atoms with Gasteiger partial charge in [0.25, 0.3) is 5.56 Å². The van der Waals surface area contributed by atoms with Crippen LogP contribution < -0.4 is 5.56 Å². The molecule has 0 spiro atoms. The van der Waals surface area contributed by atoms with E-state index in [1.165, 1.54) is 16.7 Å². The number of hydrogen-bond donors (Lipinski definition) is 1. The smallest absolute Gasteiger partial charge is 0.296 e. The van der Waals surface area contributed by atoms with E-state index in [1.54, 1.807) is 23.0 Å². The fourth-order valence-electron chi connectivity index (χ4n) is 3.88. The van der Waals surface area contributed by atoms with E-state index < -0.39 is 17.1 Å². The lowest BCUT2D eigenvalue weighted by molar-refractivity contribution is 0.0969. The summed E-state index contributed by atoms with van der Waals surface area (Å²) in [4.78, 5) is 32.1. The van der Waals surface area contributed by atoms with Gasteiger partial charge in [-0.25, -0.2) is 9.37 Å². The fraction of sp³-hybridized carbons (Fsp3) is 0.364. The first-order chi connectivity index (χ1) is 14.8. The van der Waals surface area contributed by atoms with Gasteiger partial charge in [-0.15, -0.1) is 0 Å². The molecular weight excluding hydrogens is 401 g/mol. The Morgan fingerprint density at radius 3 is 2.65 bits per heavy atom. The van der Waals surface area contributed by atoms with Crippen LogP contribution in [0.4, 0.5) is 4.39 Å². The van der Waals surface area contributed by atoms with Gasteiger partial charge in [0, 0.05) is 39.3 Å². The second kappa shape index (κ2) is 8.43. The number of rotatable bonds is 6. The highest BCUT2D eigenvalue weighted by atomic mass is 19.1. The lowest BCUT2D eigenvalue weighted by atomic mass is 10.0. The number of fused-ring (bicyclic) bond motifs is 1. The Balaban J connectivity index is 1.57. The van der Waals surface area contributed by atoms with E-state index in [1.807, 2.05) is 20.0 Å². The standard InChI is InChI=1S/C22H24FN5O3/c1-14-21-25-19(18(29)8-5-15-3-6-16(23)7-4-15)20(30)22(31)28(21)12-11-27(14)13-17-9-10-24-26(17)2/h3-4,6-7,9-10,14,30H,5,8,11-13H2,1-2H3. The van der Waals surface area contributed by atoms with Gasteiger partial charge < -0.3 is 5.11 Å². The fourth-order valence-corrected chi connectivity index (χ4v) is 3.88. The molecule has 0 saturated heterocycles. The van der Waals surface area contributed by atoms with E-state index in [0.29, 0.717) is 31.9 Å². The summed E-state index contributed by atoms with van der Waals surface area (Å²) < 4.78 is 16.3. The minimum absolute atomic E-state index is 0.0577. The quantitative estimate of drug-likeness (QED) is 0.609. The van der Waals surface area contributed by atoms with Crippen LogP contribution in [0.25, 0.3) is 0 Å². The maximum Gasteiger partial charge on any atom is 0.296 e. The average molecular weight is 425 g/mol. The Labute approximate surface area is 178 Å². The Bertz CT molecular complexity index is 1170. The summed E-state index contributed by atoms with van der Waals surface area (Å²) in [7, 11) is 1.87. The molecule has 0 saturated carbocycles. The molecule has 4 rings (SSSR count). The van der Waals surface area contributed by atoms with Gasteiger partial charge in [-0.3, -0.25) is 23.7 Å². The van der Waals surface area contributed by atoms with Crippen LogP contribution in [-0.2, 0) is 26.6 Å². The molecule has 1 aliphatic heterocycles. The maximum absolute atomic E-state index is 13.1. The largest absolute Gasteiger partial charge is 0.501 e. The van der Waals surface area contributed by atoms with Crippen molar-refractivity contribution in [2.24, 2.45) is 7.05 Å². The normalized spacial score (nSPS) is 16.3. The van der Waals surface area contributed by atoms with Gasteiger partial charge in [-0.1, -0.05) is 12.1 Å². The molecule has 3 aromatic rings. The zero-order valence-corrected chi connectivity index (χ0v) is 17.5. The molecule has 162 valence electrons. The number of halogens is 1. The third kappa shape index (κ3) is 4.13. The molecule has 3 heterocycles. The first kappa shape index (κ1) is 20.9. The van der Waals surface area contributed by atoms with E-state index >= 15 is 0 Å². The van der Waals surface area contributed by atoms with Crippen molar-refractivity contribution in [2.75, 3.05) is 6.54 Å².